The van der Waals surface area contributed by atoms with Crippen molar-refractivity contribution >= 4 is 29.2 Å². The Morgan fingerprint density at radius 2 is 1.95 bits per heavy atom. The zero-order valence-corrected chi connectivity index (χ0v) is 11.6. The number of rotatable bonds is 1. The molecule has 3 amide bonds. The molecule has 0 saturated carbocycles. The monoisotopic (exact) mass is 281 g/mol. The van der Waals surface area contributed by atoms with Crippen molar-refractivity contribution in [2.75, 3.05) is 25.5 Å². The molecule has 1 aliphatic rings. The molecule has 1 heterocycles. The highest BCUT2D eigenvalue weighted by molar-refractivity contribution is 6.30. The first-order valence-electron chi connectivity index (χ1n) is 6.07. The van der Waals surface area contributed by atoms with Gasteiger partial charge in [0.1, 0.15) is 6.04 Å². The molecule has 0 aromatic heterocycles. The maximum atomic E-state index is 12.1. The topological polar surface area (TPSA) is 52.7 Å². The lowest BCUT2D eigenvalue weighted by Crippen LogP contribution is -2.57. The number of benzene rings is 1. The van der Waals surface area contributed by atoms with Crippen molar-refractivity contribution in [1.82, 2.24) is 9.80 Å². The Bertz CT molecular complexity index is 489. The van der Waals surface area contributed by atoms with Gasteiger partial charge in [-0.2, -0.15) is 0 Å². The third-order valence-corrected chi connectivity index (χ3v) is 3.49. The van der Waals surface area contributed by atoms with Gasteiger partial charge in [-0.15, -0.1) is 0 Å². The van der Waals surface area contributed by atoms with Gasteiger partial charge in [0.2, 0.25) is 5.91 Å². The third kappa shape index (κ3) is 2.98. The van der Waals surface area contributed by atoms with E-state index in [1.54, 1.807) is 43.1 Å². The molecule has 19 heavy (non-hydrogen) atoms. The summed E-state index contributed by atoms with van der Waals surface area (Å²) in [5.41, 5.74) is 0.660. The number of likely N-dealkylation sites (N-methyl/N-ethyl adjacent to an activating group) is 1. The van der Waals surface area contributed by atoms with Gasteiger partial charge in [0.15, 0.2) is 0 Å². The van der Waals surface area contributed by atoms with Crippen LogP contribution in [0.15, 0.2) is 24.3 Å². The minimum atomic E-state index is -0.439. The van der Waals surface area contributed by atoms with Gasteiger partial charge in [-0.3, -0.25) is 4.79 Å². The first-order chi connectivity index (χ1) is 8.99. The van der Waals surface area contributed by atoms with Crippen LogP contribution in [-0.2, 0) is 4.79 Å². The molecule has 102 valence electrons. The molecule has 1 saturated heterocycles. The lowest BCUT2D eigenvalue weighted by Gasteiger charge is -2.37. The lowest BCUT2D eigenvalue weighted by molar-refractivity contribution is -0.137. The van der Waals surface area contributed by atoms with Crippen LogP contribution in [0, 0.1) is 0 Å². The number of carbonyl (C=O) groups is 2. The molecule has 1 aliphatic heterocycles. The minimum Gasteiger partial charge on any atom is -0.342 e. The van der Waals surface area contributed by atoms with E-state index in [0.717, 1.165) is 0 Å². The van der Waals surface area contributed by atoms with Crippen LogP contribution in [0.2, 0.25) is 5.02 Å². The molecule has 0 aliphatic carbocycles. The number of halogens is 1. The number of urea groups is 1. The molecule has 0 bridgehead atoms. The van der Waals surface area contributed by atoms with Crippen LogP contribution in [0.25, 0.3) is 0 Å². The molecule has 2 rings (SSSR count). The predicted molar refractivity (Wildman–Crippen MR) is 74.3 cm³/mol. The van der Waals surface area contributed by atoms with E-state index in [2.05, 4.69) is 5.32 Å². The number of hydrogen-bond donors (Lipinski definition) is 1. The second-order valence-electron chi connectivity index (χ2n) is 4.57. The number of hydrogen-bond acceptors (Lipinski definition) is 2. The first kappa shape index (κ1) is 13.7. The summed E-state index contributed by atoms with van der Waals surface area (Å²) in [6.07, 6.45) is 0. The molecule has 1 aromatic rings. The summed E-state index contributed by atoms with van der Waals surface area (Å²) in [6.45, 7) is 2.82. The normalized spacial score (nSPS) is 19.5. The molecule has 1 aromatic carbocycles. The van der Waals surface area contributed by atoms with E-state index < -0.39 is 6.04 Å². The van der Waals surface area contributed by atoms with Crippen LogP contribution in [0.1, 0.15) is 6.92 Å². The zero-order chi connectivity index (χ0) is 14.0. The van der Waals surface area contributed by atoms with E-state index >= 15 is 0 Å². The van der Waals surface area contributed by atoms with E-state index in [-0.39, 0.29) is 11.9 Å². The van der Waals surface area contributed by atoms with Gasteiger partial charge in [-0.1, -0.05) is 11.6 Å². The van der Waals surface area contributed by atoms with Crippen molar-refractivity contribution in [3.63, 3.8) is 0 Å². The van der Waals surface area contributed by atoms with E-state index in [4.69, 9.17) is 11.6 Å². The number of carbonyl (C=O) groups excluding carboxylic acids is 2. The molecule has 1 atom stereocenters. The van der Waals surface area contributed by atoms with Crippen molar-refractivity contribution in [3.05, 3.63) is 29.3 Å². The van der Waals surface area contributed by atoms with Crippen molar-refractivity contribution in [2.45, 2.75) is 13.0 Å². The smallest absolute Gasteiger partial charge is 0.322 e. The average Bonchev–Trinajstić information content (AvgIpc) is 2.39. The second kappa shape index (κ2) is 5.48. The fourth-order valence-corrected chi connectivity index (χ4v) is 2.15. The maximum absolute atomic E-state index is 12.1. The molecular weight excluding hydrogens is 266 g/mol. The van der Waals surface area contributed by atoms with Crippen LogP contribution < -0.4 is 5.32 Å². The van der Waals surface area contributed by atoms with Crippen LogP contribution in [-0.4, -0.2) is 47.9 Å². The zero-order valence-electron chi connectivity index (χ0n) is 10.9. The predicted octanol–water partition coefficient (Wildman–Crippen LogP) is 2.03. The number of piperazine rings is 1. The average molecular weight is 282 g/mol. The Balaban J connectivity index is 2.04. The molecule has 1 unspecified atom stereocenters. The Labute approximate surface area is 117 Å². The number of amides is 3. The maximum Gasteiger partial charge on any atom is 0.322 e. The minimum absolute atomic E-state index is 0.0440. The highest BCUT2D eigenvalue weighted by Crippen LogP contribution is 2.16. The van der Waals surface area contributed by atoms with Gasteiger partial charge in [-0.25, -0.2) is 4.79 Å². The number of nitrogens with one attached hydrogen (secondary N) is 1. The van der Waals surface area contributed by atoms with Crippen molar-refractivity contribution < 1.29 is 9.59 Å². The van der Waals surface area contributed by atoms with Gasteiger partial charge in [0.25, 0.3) is 0 Å². The second-order valence-corrected chi connectivity index (χ2v) is 5.00. The van der Waals surface area contributed by atoms with Gasteiger partial charge in [0.05, 0.1) is 0 Å². The van der Waals surface area contributed by atoms with Gasteiger partial charge >= 0.3 is 6.03 Å². The fourth-order valence-electron chi connectivity index (χ4n) is 2.02. The quantitative estimate of drug-likeness (QED) is 0.856. The van der Waals surface area contributed by atoms with E-state index in [1.165, 1.54) is 4.90 Å². The summed E-state index contributed by atoms with van der Waals surface area (Å²) in [4.78, 5) is 27.1. The highest BCUT2D eigenvalue weighted by Gasteiger charge is 2.32. The van der Waals surface area contributed by atoms with Crippen LogP contribution in [0.5, 0.6) is 0 Å². The lowest BCUT2D eigenvalue weighted by atomic mass is 10.2. The standard InChI is InChI=1S/C13H16ClN3O2/c1-9-12(18)16(2)7-8-17(9)13(19)15-11-5-3-10(14)4-6-11/h3-6,9H,7-8H2,1-2H3,(H,15,19). The summed E-state index contributed by atoms with van der Waals surface area (Å²) < 4.78 is 0. The molecule has 6 heteroatoms. The van der Waals surface area contributed by atoms with Crippen molar-refractivity contribution in [1.29, 1.82) is 0 Å². The van der Waals surface area contributed by atoms with E-state index in [9.17, 15) is 9.59 Å². The fraction of sp³-hybridized carbons (Fsp3) is 0.385. The molecule has 1 fully saturated rings. The van der Waals surface area contributed by atoms with Crippen molar-refractivity contribution in [3.8, 4) is 0 Å². The highest BCUT2D eigenvalue weighted by atomic mass is 35.5. The summed E-state index contributed by atoms with van der Waals surface area (Å²) in [5.74, 6) is -0.0440. The largest absolute Gasteiger partial charge is 0.342 e. The summed E-state index contributed by atoms with van der Waals surface area (Å²) in [5, 5.41) is 3.37. The van der Waals surface area contributed by atoms with Crippen LogP contribution >= 0.6 is 11.6 Å². The third-order valence-electron chi connectivity index (χ3n) is 3.23. The van der Waals surface area contributed by atoms with Gasteiger partial charge in [0, 0.05) is 30.8 Å². The van der Waals surface area contributed by atoms with Gasteiger partial charge in [-0.05, 0) is 31.2 Å². The Morgan fingerprint density at radius 1 is 1.32 bits per heavy atom. The number of nitrogens with zero attached hydrogens (tertiary/aromatic N) is 2. The summed E-state index contributed by atoms with van der Waals surface area (Å²) in [6, 6.07) is 6.15. The van der Waals surface area contributed by atoms with E-state index in [1.807, 2.05) is 0 Å². The molecule has 0 radical (unpaired) electrons. The van der Waals surface area contributed by atoms with Crippen LogP contribution in [0.3, 0.4) is 0 Å². The van der Waals surface area contributed by atoms with Crippen molar-refractivity contribution in [2.24, 2.45) is 0 Å². The van der Waals surface area contributed by atoms with E-state index in [0.29, 0.717) is 23.8 Å². The molecule has 1 N–H and O–H groups in total. The Hall–Kier alpha value is -1.75. The Kier molecular flexibility index (Phi) is 3.95. The molecule has 0 spiro atoms. The SMILES string of the molecule is CC1C(=O)N(C)CCN1C(=O)Nc1ccc(Cl)cc1. The first-order valence-corrected chi connectivity index (χ1v) is 6.45. The van der Waals surface area contributed by atoms with Crippen LogP contribution in [0.4, 0.5) is 10.5 Å². The summed E-state index contributed by atoms with van der Waals surface area (Å²) in [7, 11) is 1.74. The molecule has 5 nitrogen and oxygen atoms in total. The summed E-state index contributed by atoms with van der Waals surface area (Å²) >= 11 is 5.78. The Morgan fingerprint density at radius 3 is 2.58 bits per heavy atom. The van der Waals surface area contributed by atoms with Gasteiger partial charge < -0.3 is 15.1 Å². The number of anilines is 1. The molecular formula is C13H16ClN3O2.